The zero-order valence-corrected chi connectivity index (χ0v) is 16.5. The normalized spacial score (nSPS) is 16.6. The van der Waals surface area contributed by atoms with Crippen LogP contribution in [0.4, 0.5) is 0 Å². The third-order valence-electron chi connectivity index (χ3n) is 4.26. The predicted molar refractivity (Wildman–Crippen MR) is 104 cm³/mol. The van der Waals surface area contributed by atoms with E-state index in [1.165, 1.54) is 0 Å². The maximum Gasteiger partial charge on any atom is 0.123 e. The standard InChI is InChI=1S/C17H27ClN2O.2ClH/c1-12(2)4-5-16(20-8-6-19-7-9-20)15-11-14(18)10-13(3)17(15)21;;/h10-12,16,19,21H,4-9H2,1-3H3;2*1H/t16-;;/m1../s1. The van der Waals surface area contributed by atoms with Crippen molar-refractivity contribution in [1.82, 2.24) is 10.2 Å². The maximum atomic E-state index is 10.5. The Morgan fingerprint density at radius 1 is 1.17 bits per heavy atom. The Bertz CT molecular complexity index is 477. The maximum absolute atomic E-state index is 10.5. The molecule has 0 unspecified atom stereocenters. The van der Waals surface area contributed by atoms with Crippen LogP contribution in [0.25, 0.3) is 0 Å². The average Bonchev–Trinajstić information content (AvgIpc) is 2.45. The SMILES string of the molecule is Cc1cc(Cl)cc([C@@H](CCC(C)C)N2CCNCC2)c1O.Cl.Cl. The van der Waals surface area contributed by atoms with E-state index in [0.29, 0.717) is 16.7 Å². The summed E-state index contributed by atoms with van der Waals surface area (Å²) in [6.45, 7) is 10.5. The van der Waals surface area contributed by atoms with Crippen molar-refractivity contribution in [3.8, 4) is 5.75 Å². The van der Waals surface area contributed by atoms with Gasteiger partial charge >= 0.3 is 0 Å². The molecule has 1 heterocycles. The molecule has 0 spiro atoms. The first-order valence-corrected chi connectivity index (χ1v) is 8.30. The molecule has 2 N–H and O–H groups in total. The lowest BCUT2D eigenvalue weighted by atomic mass is 9.94. The first kappa shape index (κ1) is 22.8. The number of phenols is 1. The number of nitrogens with one attached hydrogen (secondary N) is 1. The molecule has 1 aromatic carbocycles. The zero-order chi connectivity index (χ0) is 15.4. The second-order valence-electron chi connectivity index (χ2n) is 6.43. The lowest BCUT2D eigenvalue weighted by Crippen LogP contribution is -2.45. The lowest BCUT2D eigenvalue weighted by molar-refractivity contribution is 0.157. The summed E-state index contributed by atoms with van der Waals surface area (Å²) in [4.78, 5) is 2.48. The molecular formula is C17H29Cl3N2O. The van der Waals surface area contributed by atoms with Gasteiger partial charge in [0.05, 0.1) is 0 Å². The van der Waals surface area contributed by atoms with Gasteiger partial charge in [-0.3, -0.25) is 4.90 Å². The summed E-state index contributed by atoms with van der Waals surface area (Å²) in [5, 5.41) is 14.6. The van der Waals surface area contributed by atoms with Gasteiger partial charge in [-0.1, -0.05) is 25.4 Å². The smallest absolute Gasteiger partial charge is 0.123 e. The van der Waals surface area contributed by atoms with E-state index in [2.05, 4.69) is 24.1 Å². The van der Waals surface area contributed by atoms with Crippen LogP contribution in [0.1, 0.15) is 43.9 Å². The number of hydrogen-bond donors (Lipinski definition) is 2. The van der Waals surface area contributed by atoms with Gasteiger partial charge in [0.25, 0.3) is 0 Å². The van der Waals surface area contributed by atoms with E-state index < -0.39 is 0 Å². The molecule has 1 atom stereocenters. The van der Waals surface area contributed by atoms with Gasteiger partial charge < -0.3 is 10.4 Å². The van der Waals surface area contributed by atoms with Crippen molar-refractivity contribution in [2.24, 2.45) is 5.92 Å². The molecule has 134 valence electrons. The van der Waals surface area contributed by atoms with Gasteiger partial charge in [-0.15, -0.1) is 24.8 Å². The average molecular weight is 384 g/mol. The number of aromatic hydroxyl groups is 1. The first-order valence-electron chi connectivity index (χ1n) is 7.92. The fourth-order valence-electron chi connectivity index (χ4n) is 3.04. The quantitative estimate of drug-likeness (QED) is 0.781. The minimum atomic E-state index is 0. The molecule has 0 bridgehead atoms. The van der Waals surface area contributed by atoms with Crippen LogP contribution in [0.3, 0.4) is 0 Å². The number of hydrogen-bond acceptors (Lipinski definition) is 3. The van der Waals surface area contributed by atoms with E-state index in [1.807, 2.05) is 19.1 Å². The molecule has 1 fully saturated rings. The van der Waals surface area contributed by atoms with Crippen LogP contribution in [0, 0.1) is 12.8 Å². The Morgan fingerprint density at radius 2 is 1.78 bits per heavy atom. The van der Waals surface area contributed by atoms with Crippen LogP contribution >= 0.6 is 36.4 Å². The molecule has 1 aliphatic rings. The van der Waals surface area contributed by atoms with E-state index >= 15 is 0 Å². The van der Waals surface area contributed by atoms with Gasteiger partial charge in [-0.25, -0.2) is 0 Å². The highest BCUT2D eigenvalue weighted by molar-refractivity contribution is 6.30. The molecule has 0 radical (unpaired) electrons. The van der Waals surface area contributed by atoms with Crippen molar-refractivity contribution >= 4 is 36.4 Å². The molecule has 1 aromatic rings. The second-order valence-corrected chi connectivity index (χ2v) is 6.87. The zero-order valence-electron chi connectivity index (χ0n) is 14.1. The number of nitrogens with zero attached hydrogens (tertiary/aromatic N) is 1. The summed E-state index contributed by atoms with van der Waals surface area (Å²) in [5.74, 6) is 1.07. The Hall–Kier alpha value is -0.190. The lowest BCUT2D eigenvalue weighted by Gasteiger charge is -2.36. The van der Waals surface area contributed by atoms with Crippen molar-refractivity contribution in [2.75, 3.05) is 26.2 Å². The van der Waals surface area contributed by atoms with Crippen LogP contribution in [0.15, 0.2) is 12.1 Å². The van der Waals surface area contributed by atoms with Gasteiger partial charge in [-0.05, 0) is 43.4 Å². The van der Waals surface area contributed by atoms with Crippen LogP contribution in [-0.2, 0) is 0 Å². The molecule has 23 heavy (non-hydrogen) atoms. The van der Waals surface area contributed by atoms with E-state index in [4.69, 9.17) is 11.6 Å². The van der Waals surface area contributed by atoms with Gasteiger partial charge in [0.15, 0.2) is 0 Å². The summed E-state index contributed by atoms with van der Waals surface area (Å²) >= 11 is 6.23. The number of aryl methyl sites for hydroxylation is 1. The number of halogens is 3. The minimum absolute atomic E-state index is 0. The predicted octanol–water partition coefficient (Wildman–Crippen LogP) is 4.58. The highest BCUT2D eigenvalue weighted by Gasteiger charge is 2.25. The Balaban J connectivity index is 0.00000242. The van der Waals surface area contributed by atoms with Gasteiger partial charge in [0, 0.05) is 42.8 Å². The van der Waals surface area contributed by atoms with Gasteiger partial charge in [-0.2, -0.15) is 0 Å². The number of benzene rings is 1. The fourth-order valence-corrected chi connectivity index (χ4v) is 3.32. The number of piperazine rings is 1. The Kier molecular flexibility index (Phi) is 10.5. The van der Waals surface area contributed by atoms with Crippen LogP contribution in [-0.4, -0.2) is 36.2 Å². The molecular weight excluding hydrogens is 355 g/mol. The third-order valence-corrected chi connectivity index (χ3v) is 4.48. The number of rotatable bonds is 5. The summed E-state index contributed by atoms with van der Waals surface area (Å²) in [7, 11) is 0. The molecule has 3 nitrogen and oxygen atoms in total. The summed E-state index contributed by atoms with van der Waals surface area (Å²) in [6.07, 6.45) is 2.21. The Morgan fingerprint density at radius 3 is 2.35 bits per heavy atom. The van der Waals surface area contributed by atoms with E-state index in [9.17, 15) is 5.11 Å². The molecule has 2 rings (SSSR count). The number of phenolic OH excluding ortho intramolecular Hbond substituents is 1. The van der Waals surface area contributed by atoms with E-state index in [-0.39, 0.29) is 30.9 Å². The summed E-state index contributed by atoms with van der Waals surface area (Å²) in [5.41, 5.74) is 1.85. The van der Waals surface area contributed by atoms with Gasteiger partial charge in [0.1, 0.15) is 5.75 Å². The summed E-state index contributed by atoms with van der Waals surface area (Å²) < 4.78 is 0. The van der Waals surface area contributed by atoms with Crippen molar-refractivity contribution in [3.63, 3.8) is 0 Å². The second kappa shape index (κ2) is 10.6. The molecule has 6 heteroatoms. The fraction of sp³-hybridized carbons (Fsp3) is 0.647. The van der Waals surface area contributed by atoms with Crippen molar-refractivity contribution in [1.29, 1.82) is 0 Å². The van der Waals surface area contributed by atoms with E-state index in [1.54, 1.807) is 0 Å². The van der Waals surface area contributed by atoms with Gasteiger partial charge in [0.2, 0.25) is 0 Å². The largest absolute Gasteiger partial charge is 0.507 e. The molecule has 1 aliphatic heterocycles. The van der Waals surface area contributed by atoms with Crippen molar-refractivity contribution < 1.29 is 5.11 Å². The van der Waals surface area contributed by atoms with E-state index in [0.717, 1.165) is 50.1 Å². The molecule has 0 aromatic heterocycles. The third kappa shape index (κ3) is 6.32. The topological polar surface area (TPSA) is 35.5 Å². The Labute approximate surface area is 157 Å². The molecule has 0 saturated carbocycles. The van der Waals surface area contributed by atoms with Crippen LogP contribution in [0.2, 0.25) is 5.02 Å². The highest BCUT2D eigenvalue weighted by atomic mass is 35.5. The minimum Gasteiger partial charge on any atom is -0.507 e. The highest BCUT2D eigenvalue weighted by Crippen LogP contribution is 2.37. The molecule has 1 saturated heterocycles. The monoisotopic (exact) mass is 382 g/mol. The molecule has 0 aliphatic carbocycles. The van der Waals surface area contributed by atoms with Crippen molar-refractivity contribution in [3.05, 3.63) is 28.3 Å². The summed E-state index contributed by atoms with van der Waals surface area (Å²) in [6, 6.07) is 4.03. The van der Waals surface area contributed by atoms with Crippen LogP contribution < -0.4 is 5.32 Å². The van der Waals surface area contributed by atoms with Crippen LogP contribution in [0.5, 0.6) is 5.75 Å². The first-order chi connectivity index (χ1) is 9.99. The van der Waals surface area contributed by atoms with Crippen molar-refractivity contribution in [2.45, 2.75) is 39.7 Å². The molecule has 0 amide bonds.